The zero-order valence-corrected chi connectivity index (χ0v) is 20.9. The van der Waals surface area contributed by atoms with Crippen LogP contribution in [0.3, 0.4) is 0 Å². The molecule has 0 bridgehead atoms. The Kier molecular flexibility index (Phi) is 11.7. The number of nitrogens with zero attached hydrogens (tertiary/aromatic N) is 6. The molecule has 6 nitrogen and oxygen atoms in total. The minimum absolute atomic E-state index is 0. The normalized spacial score (nSPS) is 9.88. The summed E-state index contributed by atoms with van der Waals surface area (Å²) in [5.74, 6) is 3.67. The number of hydrogen-bond acceptors (Lipinski definition) is 4. The first kappa shape index (κ1) is 27.4. The van der Waals surface area contributed by atoms with Gasteiger partial charge in [0.2, 0.25) is 0 Å². The maximum atomic E-state index is 4.52. The molecule has 32 heavy (non-hydrogen) atoms. The average Bonchev–Trinajstić information content (AvgIpc) is 3.32. The maximum absolute atomic E-state index is 4.52. The van der Waals surface area contributed by atoms with Gasteiger partial charge in [-0.1, -0.05) is 51.6 Å². The molecular formula is C25H33IrN6-. The molecule has 4 aromatic rings. The topological polar surface area (TPSA) is 61.4 Å². The quantitative estimate of drug-likeness (QED) is 0.279. The van der Waals surface area contributed by atoms with Crippen LogP contribution < -0.4 is 0 Å². The van der Waals surface area contributed by atoms with Crippen molar-refractivity contribution in [3.8, 4) is 22.8 Å². The van der Waals surface area contributed by atoms with Crippen molar-refractivity contribution in [3.05, 3.63) is 72.3 Å². The van der Waals surface area contributed by atoms with Gasteiger partial charge in [0.1, 0.15) is 5.82 Å². The van der Waals surface area contributed by atoms with Gasteiger partial charge in [-0.15, -0.1) is 35.9 Å². The predicted octanol–water partition coefficient (Wildman–Crippen LogP) is 5.30. The third-order valence-electron chi connectivity index (χ3n) is 4.54. The molecule has 173 valence electrons. The van der Waals surface area contributed by atoms with Crippen LogP contribution in [0.5, 0.6) is 0 Å². The van der Waals surface area contributed by atoms with Gasteiger partial charge in [0.25, 0.3) is 0 Å². The first-order valence-corrected chi connectivity index (χ1v) is 10.4. The largest absolute Gasteiger partial charge is 0.289 e. The number of aromatic nitrogens is 6. The summed E-state index contributed by atoms with van der Waals surface area (Å²) in [4.78, 5) is 9.01. The fourth-order valence-corrected chi connectivity index (χ4v) is 3.14. The van der Waals surface area contributed by atoms with Crippen LogP contribution >= 0.6 is 0 Å². The van der Waals surface area contributed by atoms with Crippen molar-refractivity contribution < 1.29 is 20.1 Å². The van der Waals surface area contributed by atoms with Crippen molar-refractivity contribution in [2.75, 3.05) is 0 Å². The summed E-state index contributed by atoms with van der Waals surface area (Å²) in [6.07, 6.45) is 4.03. The van der Waals surface area contributed by atoms with Gasteiger partial charge < -0.3 is 0 Å². The minimum Gasteiger partial charge on any atom is -0.289 e. The smallest absolute Gasteiger partial charge is 0.158 e. The molecule has 2 aromatic carbocycles. The van der Waals surface area contributed by atoms with Crippen molar-refractivity contribution in [1.29, 1.82) is 0 Å². The van der Waals surface area contributed by atoms with E-state index in [4.69, 9.17) is 0 Å². The number of aryl methyl sites for hydroxylation is 4. The molecular weight excluding hydrogens is 577 g/mol. The maximum Gasteiger partial charge on any atom is 0.158 e. The van der Waals surface area contributed by atoms with Crippen LogP contribution in [0.2, 0.25) is 0 Å². The van der Waals surface area contributed by atoms with Crippen LogP contribution in [0.1, 0.15) is 45.8 Å². The molecule has 0 spiro atoms. The van der Waals surface area contributed by atoms with Crippen LogP contribution in [-0.2, 0) is 47.0 Å². The molecule has 0 unspecified atom stereocenters. The van der Waals surface area contributed by atoms with E-state index in [1.165, 1.54) is 0 Å². The number of benzene rings is 2. The second-order valence-corrected chi connectivity index (χ2v) is 7.09. The Morgan fingerprint density at radius 3 is 1.81 bits per heavy atom. The van der Waals surface area contributed by atoms with E-state index in [2.05, 4.69) is 52.2 Å². The Hall–Kier alpha value is -2.63. The standard InChI is InChI=1S/C12H15N3.C12H14N3.CH4.Ir/c2*1-3-7-11-13-12(15(2)14-11)10-8-5-4-6-9-10;;/h4-6,8-9H,3,7H2,1-2H3;4-6,8H,3,7H2,1-2H3;1H4;/q;-1;;. The molecule has 0 amide bonds. The van der Waals surface area contributed by atoms with E-state index in [0.29, 0.717) is 0 Å². The van der Waals surface area contributed by atoms with Gasteiger partial charge in [0.05, 0.1) is 5.82 Å². The van der Waals surface area contributed by atoms with Crippen molar-refractivity contribution in [2.45, 2.75) is 47.0 Å². The van der Waals surface area contributed by atoms with Gasteiger partial charge >= 0.3 is 0 Å². The van der Waals surface area contributed by atoms with Crippen molar-refractivity contribution in [1.82, 2.24) is 29.5 Å². The van der Waals surface area contributed by atoms with Crippen molar-refractivity contribution in [2.24, 2.45) is 14.1 Å². The molecule has 2 aromatic heterocycles. The molecule has 0 saturated heterocycles. The summed E-state index contributed by atoms with van der Waals surface area (Å²) in [5.41, 5.74) is 2.12. The van der Waals surface area contributed by atoms with E-state index in [0.717, 1.165) is 60.1 Å². The van der Waals surface area contributed by atoms with Crippen molar-refractivity contribution in [3.63, 3.8) is 0 Å². The summed E-state index contributed by atoms with van der Waals surface area (Å²) in [6.45, 7) is 4.27. The van der Waals surface area contributed by atoms with E-state index in [-0.39, 0.29) is 27.5 Å². The van der Waals surface area contributed by atoms with Crippen LogP contribution in [0, 0.1) is 6.07 Å². The Morgan fingerprint density at radius 1 is 0.750 bits per heavy atom. The zero-order chi connectivity index (χ0) is 21.3. The Bertz CT molecular complexity index is 955. The first-order valence-electron chi connectivity index (χ1n) is 10.4. The number of rotatable bonds is 6. The Labute approximate surface area is 205 Å². The Balaban J connectivity index is 0.000000301. The molecule has 0 saturated carbocycles. The van der Waals surface area contributed by atoms with Crippen molar-refractivity contribution >= 4 is 0 Å². The van der Waals surface area contributed by atoms with Gasteiger partial charge in [-0.25, -0.2) is 9.67 Å². The van der Waals surface area contributed by atoms with Gasteiger partial charge in [-0.3, -0.25) is 9.67 Å². The molecule has 0 aliphatic rings. The van der Waals surface area contributed by atoms with Gasteiger partial charge in [0.15, 0.2) is 11.6 Å². The molecule has 0 aliphatic heterocycles. The van der Waals surface area contributed by atoms with E-state index < -0.39 is 0 Å². The number of hydrogen-bond donors (Lipinski definition) is 0. The fourth-order valence-electron chi connectivity index (χ4n) is 3.14. The van der Waals surface area contributed by atoms with Crippen LogP contribution in [0.25, 0.3) is 22.8 Å². The van der Waals surface area contributed by atoms with E-state index >= 15 is 0 Å². The van der Waals surface area contributed by atoms with Gasteiger partial charge in [0, 0.05) is 52.6 Å². The van der Waals surface area contributed by atoms with Crippen LogP contribution in [0.15, 0.2) is 54.6 Å². The summed E-state index contributed by atoms with van der Waals surface area (Å²) < 4.78 is 3.66. The van der Waals surface area contributed by atoms with Crippen LogP contribution in [0.4, 0.5) is 0 Å². The summed E-state index contributed by atoms with van der Waals surface area (Å²) in [6, 6.07) is 21.1. The zero-order valence-electron chi connectivity index (χ0n) is 18.5. The van der Waals surface area contributed by atoms with Gasteiger partial charge in [-0.05, 0) is 12.8 Å². The molecule has 0 aliphatic carbocycles. The molecule has 0 fully saturated rings. The second-order valence-electron chi connectivity index (χ2n) is 7.09. The van der Waals surface area contributed by atoms with E-state index in [1.54, 1.807) is 0 Å². The Morgan fingerprint density at radius 2 is 1.28 bits per heavy atom. The average molecular weight is 610 g/mol. The van der Waals surface area contributed by atoms with E-state index in [9.17, 15) is 0 Å². The molecule has 0 N–H and O–H groups in total. The predicted molar refractivity (Wildman–Crippen MR) is 126 cm³/mol. The molecule has 4 rings (SSSR count). The summed E-state index contributed by atoms with van der Waals surface area (Å²) in [7, 11) is 3.86. The molecule has 7 heteroatoms. The SMILES string of the molecule is C.CCCc1nc(-c2[c-]cccc2)n(C)n1.CCCc1nc(-c2ccccc2)n(C)n1.[Ir]. The van der Waals surface area contributed by atoms with Crippen LogP contribution in [-0.4, -0.2) is 29.5 Å². The fraction of sp³-hybridized carbons (Fsp3) is 0.360. The third-order valence-corrected chi connectivity index (χ3v) is 4.54. The monoisotopic (exact) mass is 610 g/mol. The van der Waals surface area contributed by atoms with E-state index in [1.807, 2.05) is 65.9 Å². The first-order chi connectivity index (χ1) is 14.6. The molecule has 1 radical (unpaired) electrons. The minimum atomic E-state index is 0. The summed E-state index contributed by atoms with van der Waals surface area (Å²) >= 11 is 0. The third kappa shape index (κ3) is 7.21. The molecule has 2 heterocycles. The van der Waals surface area contributed by atoms with Gasteiger partial charge in [-0.2, -0.15) is 10.2 Å². The summed E-state index contributed by atoms with van der Waals surface area (Å²) in [5, 5.41) is 8.74. The second kappa shape index (κ2) is 13.7. The molecule has 0 atom stereocenters.